The number of nitrogens with zero attached hydrogens (tertiary/aromatic N) is 7. The van der Waals surface area contributed by atoms with Crippen LogP contribution in [-0.4, -0.2) is 56.0 Å². The molecule has 2 aliphatic rings. The highest BCUT2D eigenvalue weighted by molar-refractivity contribution is 7.18. The molecule has 0 aromatic carbocycles. The van der Waals surface area contributed by atoms with Gasteiger partial charge in [0.25, 0.3) is 0 Å². The second-order valence-corrected chi connectivity index (χ2v) is 9.78. The van der Waals surface area contributed by atoms with Crippen LogP contribution in [0, 0.1) is 11.3 Å². The molecule has 9 nitrogen and oxygen atoms in total. The number of nitriles is 1. The molecule has 10 heteroatoms. The van der Waals surface area contributed by atoms with Crippen LogP contribution in [0.1, 0.15) is 25.8 Å². The van der Waals surface area contributed by atoms with Crippen LogP contribution in [0.4, 0.5) is 10.8 Å². The minimum Gasteiger partial charge on any atom is -0.382 e. The second kappa shape index (κ2) is 7.79. The number of nitrogens with one attached hydrogen (secondary N) is 2. The predicted octanol–water partition coefficient (Wildman–Crippen LogP) is 3.16. The van der Waals surface area contributed by atoms with E-state index in [9.17, 15) is 0 Å². The Balaban J connectivity index is 1.37. The first-order valence-electron chi connectivity index (χ1n) is 11.1. The summed E-state index contributed by atoms with van der Waals surface area (Å²) in [6.45, 7) is 6.25. The molecule has 6 rings (SSSR count). The van der Waals surface area contributed by atoms with Gasteiger partial charge in [0.15, 0.2) is 5.01 Å². The van der Waals surface area contributed by atoms with Crippen molar-refractivity contribution in [1.29, 1.82) is 5.26 Å². The normalized spacial score (nSPS) is 19.5. The molecule has 6 heterocycles. The lowest BCUT2D eigenvalue weighted by atomic mass is 9.90. The Morgan fingerprint density at radius 3 is 2.79 bits per heavy atom. The number of hydrogen-bond acceptors (Lipinski definition) is 9. The minimum atomic E-state index is 0.243. The number of piperidine rings is 1. The number of anilines is 2. The standard InChI is InChI=1S/C23H23N9S/c1-13(2)28-19-7-20(21-4-3-15-5-14(8-24)9-27-32(15)21)26-12-18(19)22-29-30-23(33-22)31-16-6-17(31)11-25-10-16/h3-5,7,9,12-13,16-17,25H,6,10-11H2,1-2H3,(H,26,28). The van der Waals surface area contributed by atoms with Crippen LogP contribution in [0.25, 0.3) is 27.5 Å². The van der Waals surface area contributed by atoms with Crippen LogP contribution < -0.4 is 15.5 Å². The Bertz CT molecular complexity index is 1370. The lowest BCUT2D eigenvalue weighted by Crippen LogP contribution is -2.68. The van der Waals surface area contributed by atoms with Crippen molar-refractivity contribution in [3.05, 3.63) is 42.2 Å². The number of piperazine rings is 1. The van der Waals surface area contributed by atoms with Gasteiger partial charge in [0, 0.05) is 43.1 Å². The van der Waals surface area contributed by atoms with Gasteiger partial charge in [0.05, 0.1) is 34.2 Å². The molecular weight excluding hydrogens is 434 g/mol. The summed E-state index contributed by atoms with van der Waals surface area (Å²) in [5.74, 6) is 0. The van der Waals surface area contributed by atoms with Crippen molar-refractivity contribution in [2.75, 3.05) is 23.3 Å². The van der Waals surface area contributed by atoms with E-state index < -0.39 is 0 Å². The first-order chi connectivity index (χ1) is 16.1. The van der Waals surface area contributed by atoms with Crippen LogP contribution in [0.15, 0.2) is 36.7 Å². The molecule has 4 aromatic heterocycles. The monoisotopic (exact) mass is 457 g/mol. The fraction of sp³-hybridized carbons (Fsp3) is 0.348. The summed E-state index contributed by atoms with van der Waals surface area (Å²) in [5.41, 5.74) is 4.97. The molecule has 4 aromatic rings. The maximum atomic E-state index is 9.15. The summed E-state index contributed by atoms with van der Waals surface area (Å²) in [4.78, 5) is 7.16. The molecule has 2 saturated heterocycles. The van der Waals surface area contributed by atoms with Crippen molar-refractivity contribution in [3.8, 4) is 28.0 Å². The molecule has 2 bridgehead atoms. The number of hydrogen-bond donors (Lipinski definition) is 2. The molecule has 0 saturated carbocycles. The van der Waals surface area contributed by atoms with Crippen LogP contribution in [0.2, 0.25) is 0 Å². The molecule has 2 fully saturated rings. The van der Waals surface area contributed by atoms with E-state index in [0.717, 1.165) is 51.4 Å². The Hall–Kier alpha value is -3.55. The molecular formula is C23H23N9S. The minimum absolute atomic E-state index is 0.243. The first-order valence-corrected chi connectivity index (χ1v) is 11.9. The van der Waals surface area contributed by atoms with Crippen molar-refractivity contribution in [2.24, 2.45) is 0 Å². The fourth-order valence-electron chi connectivity index (χ4n) is 4.67. The number of aromatic nitrogens is 5. The molecule has 0 aliphatic carbocycles. The first kappa shape index (κ1) is 20.1. The van der Waals surface area contributed by atoms with E-state index in [4.69, 9.17) is 10.2 Å². The van der Waals surface area contributed by atoms with E-state index in [2.05, 4.69) is 50.7 Å². The van der Waals surface area contributed by atoms with Crippen molar-refractivity contribution >= 4 is 27.7 Å². The van der Waals surface area contributed by atoms with Gasteiger partial charge in [-0.05, 0) is 44.5 Å². The average Bonchev–Trinajstić information content (AvgIpc) is 3.46. The highest BCUT2D eigenvalue weighted by Gasteiger charge is 2.43. The highest BCUT2D eigenvalue weighted by Crippen LogP contribution is 2.40. The van der Waals surface area contributed by atoms with Crippen molar-refractivity contribution in [1.82, 2.24) is 30.1 Å². The van der Waals surface area contributed by atoms with Gasteiger partial charge in [0.1, 0.15) is 6.07 Å². The van der Waals surface area contributed by atoms with Crippen molar-refractivity contribution in [3.63, 3.8) is 0 Å². The Morgan fingerprint density at radius 2 is 2.03 bits per heavy atom. The fourth-order valence-corrected chi connectivity index (χ4v) is 5.69. The molecule has 33 heavy (non-hydrogen) atoms. The van der Waals surface area contributed by atoms with Gasteiger partial charge < -0.3 is 15.5 Å². The third kappa shape index (κ3) is 3.41. The number of pyridine rings is 1. The largest absolute Gasteiger partial charge is 0.382 e. The van der Waals surface area contributed by atoms with E-state index in [-0.39, 0.29) is 6.04 Å². The van der Waals surface area contributed by atoms with E-state index in [0.29, 0.717) is 17.6 Å². The predicted molar refractivity (Wildman–Crippen MR) is 128 cm³/mol. The van der Waals surface area contributed by atoms with Crippen LogP contribution in [-0.2, 0) is 0 Å². The van der Waals surface area contributed by atoms with Crippen molar-refractivity contribution < 1.29 is 0 Å². The maximum absolute atomic E-state index is 9.15. The number of fused-ring (bicyclic) bond motifs is 3. The summed E-state index contributed by atoms with van der Waals surface area (Å²) < 4.78 is 1.81. The van der Waals surface area contributed by atoms with E-state index in [1.807, 2.05) is 35.0 Å². The lowest BCUT2D eigenvalue weighted by Gasteiger charge is -2.52. The van der Waals surface area contributed by atoms with E-state index in [1.54, 1.807) is 17.5 Å². The SMILES string of the molecule is CC(C)Nc1cc(-c2ccc3cc(C#N)cnn23)ncc1-c1nnc(N2C3CNCC2C3)s1. The van der Waals surface area contributed by atoms with Crippen LogP contribution >= 0.6 is 11.3 Å². The summed E-state index contributed by atoms with van der Waals surface area (Å²) in [5, 5.41) is 31.5. The maximum Gasteiger partial charge on any atom is 0.209 e. The second-order valence-electron chi connectivity index (χ2n) is 8.82. The molecule has 166 valence electrons. The van der Waals surface area contributed by atoms with Gasteiger partial charge in [0.2, 0.25) is 5.13 Å². The van der Waals surface area contributed by atoms with Crippen LogP contribution in [0.5, 0.6) is 0 Å². The quantitative estimate of drug-likeness (QED) is 0.471. The van der Waals surface area contributed by atoms with Crippen molar-refractivity contribution in [2.45, 2.75) is 38.4 Å². The zero-order valence-electron chi connectivity index (χ0n) is 18.4. The molecule has 0 amide bonds. The van der Waals surface area contributed by atoms with Gasteiger partial charge in [-0.15, -0.1) is 10.2 Å². The Kier molecular flexibility index (Phi) is 4.74. The topological polar surface area (TPSA) is 107 Å². The summed E-state index contributed by atoms with van der Waals surface area (Å²) >= 11 is 1.63. The average molecular weight is 458 g/mol. The molecule has 2 unspecified atom stereocenters. The molecule has 2 N–H and O–H groups in total. The lowest BCUT2D eigenvalue weighted by molar-refractivity contribution is 0.262. The van der Waals surface area contributed by atoms with Gasteiger partial charge >= 0.3 is 0 Å². The zero-order valence-corrected chi connectivity index (χ0v) is 19.2. The third-order valence-electron chi connectivity index (χ3n) is 6.20. The van der Waals surface area contributed by atoms with Gasteiger partial charge in [-0.2, -0.15) is 10.4 Å². The van der Waals surface area contributed by atoms with Crippen LogP contribution in [0.3, 0.4) is 0 Å². The highest BCUT2D eigenvalue weighted by atomic mass is 32.1. The number of rotatable bonds is 5. The molecule has 2 aliphatic heterocycles. The Morgan fingerprint density at radius 1 is 1.18 bits per heavy atom. The molecule has 0 spiro atoms. The molecule has 2 atom stereocenters. The van der Waals surface area contributed by atoms with Gasteiger partial charge in [-0.3, -0.25) is 4.98 Å². The molecule has 0 radical (unpaired) electrons. The summed E-state index contributed by atoms with van der Waals surface area (Å²) in [6, 6.07) is 11.2. The smallest absolute Gasteiger partial charge is 0.209 e. The zero-order chi connectivity index (χ0) is 22.5. The summed E-state index contributed by atoms with van der Waals surface area (Å²) in [7, 11) is 0. The third-order valence-corrected chi connectivity index (χ3v) is 7.17. The van der Waals surface area contributed by atoms with Gasteiger partial charge in [-0.25, -0.2) is 4.52 Å². The summed E-state index contributed by atoms with van der Waals surface area (Å²) in [6.07, 6.45) is 4.67. The Labute approximate surface area is 195 Å². The van der Waals surface area contributed by atoms with E-state index in [1.165, 1.54) is 6.42 Å². The van der Waals surface area contributed by atoms with E-state index >= 15 is 0 Å². The van der Waals surface area contributed by atoms with Gasteiger partial charge in [-0.1, -0.05) is 11.3 Å².